The number of anilines is 1. The van der Waals surface area contributed by atoms with Crippen LogP contribution in [0.5, 0.6) is 0 Å². The minimum absolute atomic E-state index is 0.471. The van der Waals surface area contributed by atoms with Crippen LogP contribution in [0.4, 0.5) is 5.69 Å². The van der Waals surface area contributed by atoms with Gasteiger partial charge in [0, 0.05) is 37.7 Å². The van der Waals surface area contributed by atoms with Crippen LogP contribution in [0.25, 0.3) is 11.4 Å². The Morgan fingerprint density at radius 1 is 1.06 bits per heavy atom. The predicted octanol–water partition coefficient (Wildman–Crippen LogP) is 2.08. The van der Waals surface area contributed by atoms with Gasteiger partial charge in [-0.2, -0.15) is 5.26 Å². The lowest BCUT2D eigenvalue weighted by Gasteiger charge is -2.12. The highest BCUT2D eigenvalue weighted by atomic mass is 15.1. The van der Waals surface area contributed by atoms with Crippen molar-refractivity contribution >= 4 is 5.69 Å². The first-order chi connectivity index (χ1) is 8.20. The molecule has 0 saturated heterocycles. The Morgan fingerprint density at radius 3 is 2.12 bits per heavy atom. The van der Waals surface area contributed by atoms with E-state index in [0.717, 1.165) is 11.3 Å². The van der Waals surface area contributed by atoms with E-state index in [1.54, 1.807) is 0 Å². The first kappa shape index (κ1) is 11.1. The van der Waals surface area contributed by atoms with Gasteiger partial charge in [0.1, 0.15) is 6.07 Å². The van der Waals surface area contributed by atoms with Crippen molar-refractivity contribution in [3.8, 4) is 17.5 Å². The van der Waals surface area contributed by atoms with Gasteiger partial charge in [0.15, 0.2) is 5.82 Å². The maximum absolute atomic E-state index is 8.66. The second-order valence-electron chi connectivity index (χ2n) is 3.85. The van der Waals surface area contributed by atoms with E-state index in [9.17, 15) is 0 Å². The maximum Gasteiger partial charge on any atom is 0.159 e. The molecule has 84 valence electrons. The van der Waals surface area contributed by atoms with Gasteiger partial charge in [0.25, 0.3) is 0 Å². The van der Waals surface area contributed by atoms with Gasteiger partial charge in [-0.15, -0.1) is 0 Å². The van der Waals surface area contributed by atoms with E-state index in [1.807, 2.05) is 49.3 Å². The van der Waals surface area contributed by atoms with Gasteiger partial charge in [-0.25, -0.2) is 9.97 Å². The second kappa shape index (κ2) is 4.62. The summed E-state index contributed by atoms with van der Waals surface area (Å²) in [6, 6.07) is 9.96. The van der Waals surface area contributed by atoms with E-state index in [2.05, 4.69) is 9.97 Å². The van der Waals surface area contributed by atoms with Crippen LogP contribution in [0.15, 0.2) is 36.7 Å². The lowest BCUT2D eigenvalue weighted by Crippen LogP contribution is -2.08. The van der Waals surface area contributed by atoms with Crippen LogP contribution in [0.3, 0.4) is 0 Å². The third-order valence-electron chi connectivity index (χ3n) is 2.42. The Kier molecular flexibility index (Phi) is 3.01. The molecule has 0 fully saturated rings. The average Bonchev–Trinajstić information content (AvgIpc) is 2.39. The summed E-state index contributed by atoms with van der Waals surface area (Å²) in [5.41, 5.74) is 2.54. The van der Waals surface area contributed by atoms with E-state index >= 15 is 0 Å². The van der Waals surface area contributed by atoms with Crippen LogP contribution in [-0.4, -0.2) is 24.1 Å². The molecule has 2 rings (SSSR count). The fraction of sp³-hybridized carbons (Fsp3) is 0.154. The van der Waals surface area contributed by atoms with Gasteiger partial charge < -0.3 is 4.90 Å². The first-order valence-electron chi connectivity index (χ1n) is 5.20. The Morgan fingerprint density at radius 2 is 1.65 bits per heavy atom. The van der Waals surface area contributed by atoms with Gasteiger partial charge in [-0.05, 0) is 24.3 Å². The highest BCUT2D eigenvalue weighted by Crippen LogP contribution is 2.18. The van der Waals surface area contributed by atoms with E-state index in [4.69, 9.17) is 5.26 Å². The number of hydrogen-bond donors (Lipinski definition) is 0. The molecule has 0 unspecified atom stereocenters. The van der Waals surface area contributed by atoms with Gasteiger partial charge >= 0.3 is 0 Å². The van der Waals surface area contributed by atoms with Crippen LogP contribution in [0.2, 0.25) is 0 Å². The van der Waals surface area contributed by atoms with Gasteiger partial charge in [0.05, 0.1) is 5.56 Å². The fourth-order valence-corrected chi connectivity index (χ4v) is 1.44. The Balaban J connectivity index is 2.30. The summed E-state index contributed by atoms with van der Waals surface area (Å²) in [6.45, 7) is 0. The molecule has 4 heteroatoms. The molecule has 17 heavy (non-hydrogen) atoms. The molecule has 0 bridgehead atoms. The van der Waals surface area contributed by atoms with E-state index in [1.165, 1.54) is 12.4 Å². The fourth-order valence-electron chi connectivity index (χ4n) is 1.44. The Labute approximate surface area is 100 Å². The summed E-state index contributed by atoms with van der Waals surface area (Å²) in [5.74, 6) is 0.634. The molecular formula is C13H12N4. The quantitative estimate of drug-likeness (QED) is 0.783. The smallest absolute Gasteiger partial charge is 0.159 e. The highest BCUT2D eigenvalue weighted by molar-refractivity contribution is 5.60. The molecule has 0 atom stereocenters. The minimum Gasteiger partial charge on any atom is -0.378 e. The standard InChI is InChI=1S/C13H12N4/c1-17(2)12-5-3-11(4-6-12)13-15-8-10(7-14)9-16-13/h3-6,8-9H,1-2H3. The molecule has 2 aromatic rings. The van der Waals surface area contributed by atoms with Crippen LogP contribution < -0.4 is 4.90 Å². The number of nitrogens with zero attached hydrogens (tertiary/aromatic N) is 4. The zero-order chi connectivity index (χ0) is 12.3. The van der Waals surface area contributed by atoms with Gasteiger partial charge in [-0.1, -0.05) is 0 Å². The highest BCUT2D eigenvalue weighted by Gasteiger charge is 2.02. The molecule has 1 aromatic heterocycles. The summed E-state index contributed by atoms with van der Waals surface area (Å²) in [7, 11) is 3.99. The normalized spacial score (nSPS) is 9.71. The molecule has 0 saturated carbocycles. The van der Waals surface area contributed by atoms with Crippen LogP contribution >= 0.6 is 0 Å². The zero-order valence-corrected chi connectivity index (χ0v) is 9.75. The second-order valence-corrected chi connectivity index (χ2v) is 3.85. The summed E-state index contributed by atoms with van der Waals surface area (Å²) in [4.78, 5) is 10.3. The van der Waals surface area contributed by atoms with E-state index < -0.39 is 0 Å². The van der Waals surface area contributed by atoms with E-state index in [-0.39, 0.29) is 0 Å². The first-order valence-corrected chi connectivity index (χ1v) is 5.20. The largest absolute Gasteiger partial charge is 0.378 e. The molecule has 0 spiro atoms. The lowest BCUT2D eigenvalue weighted by molar-refractivity contribution is 1.13. The molecule has 0 amide bonds. The van der Waals surface area contributed by atoms with Crippen LogP contribution in [0, 0.1) is 11.3 Å². The number of hydrogen-bond acceptors (Lipinski definition) is 4. The summed E-state index contributed by atoms with van der Waals surface area (Å²) in [6.07, 6.45) is 3.06. The van der Waals surface area contributed by atoms with Crippen molar-refractivity contribution in [2.75, 3.05) is 19.0 Å². The van der Waals surface area contributed by atoms with Crippen LogP contribution in [-0.2, 0) is 0 Å². The monoisotopic (exact) mass is 224 g/mol. The zero-order valence-electron chi connectivity index (χ0n) is 9.75. The van der Waals surface area contributed by atoms with Crippen molar-refractivity contribution in [1.82, 2.24) is 9.97 Å². The summed E-state index contributed by atoms with van der Waals surface area (Å²) in [5, 5.41) is 8.66. The molecular weight excluding hydrogens is 212 g/mol. The molecule has 0 aliphatic rings. The van der Waals surface area contributed by atoms with Crippen molar-refractivity contribution in [3.05, 3.63) is 42.2 Å². The van der Waals surface area contributed by atoms with E-state index in [0.29, 0.717) is 11.4 Å². The molecule has 0 radical (unpaired) electrons. The molecule has 0 N–H and O–H groups in total. The van der Waals surface area contributed by atoms with Crippen molar-refractivity contribution in [2.24, 2.45) is 0 Å². The topological polar surface area (TPSA) is 52.8 Å². The number of nitriles is 1. The molecule has 1 heterocycles. The molecule has 0 aliphatic heterocycles. The van der Waals surface area contributed by atoms with Crippen molar-refractivity contribution in [1.29, 1.82) is 5.26 Å². The Bertz CT molecular complexity index is 535. The lowest BCUT2D eigenvalue weighted by atomic mass is 10.2. The SMILES string of the molecule is CN(C)c1ccc(-c2ncc(C#N)cn2)cc1. The average molecular weight is 224 g/mol. The van der Waals surface area contributed by atoms with Crippen molar-refractivity contribution in [2.45, 2.75) is 0 Å². The van der Waals surface area contributed by atoms with Crippen molar-refractivity contribution in [3.63, 3.8) is 0 Å². The minimum atomic E-state index is 0.471. The third kappa shape index (κ3) is 2.40. The predicted molar refractivity (Wildman–Crippen MR) is 66.5 cm³/mol. The summed E-state index contributed by atoms with van der Waals surface area (Å²) < 4.78 is 0. The molecule has 4 nitrogen and oxygen atoms in total. The van der Waals surface area contributed by atoms with Crippen molar-refractivity contribution < 1.29 is 0 Å². The summed E-state index contributed by atoms with van der Waals surface area (Å²) >= 11 is 0. The maximum atomic E-state index is 8.66. The number of rotatable bonds is 2. The van der Waals surface area contributed by atoms with Gasteiger partial charge in [-0.3, -0.25) is 0 Å². The Hall–Kier alpha value is -2.41. The molecule has 0 aliphatic carbocycles. The number of benzene rings is 1. The number of aromatic nitrogens is 2. The third-order valence-corrected chi connectivity index (χ3v) is 2.42. The molecule has 1 aromatic carbocycles. The van der Waals surface area contributed by atoms with Gasteiger partial charge in [0.2, 0.25) is 0 Å². The van der Waals surface area contributed by atoms with Crippen LogP contribution in [0.1, 0.15) is 5.56 Å².